The molecule has 0 saturated heterocycles. The normalized spacial score (nSPS) is 10.3. The second-order valence-corrected chi connectivity index (χ2v) is 9.92. The van der Waals surface area contributed by atoms with Gasteiger partial charge in [-0.15, -0.1) is 30.0 Å². The number of aromatic nitrogens is 6. The summed E-state index contributed by atoms with van der Waals surface area (Å²) < 4.78 is 20.6. The molecule has 6 aromatic rings. The van der Waals surface area contributed by atoms with Crippen LogP contribution in [0.4, 0.5) is 0 Å². The summed E-state index contributed by atoms with van der Waals surface area (Å²) in [6.45, 7) is 9.49. The van der Waals surface area contributed by atoms with E-state index in [0.717, 1.165) is 22.1 Å². The van der Waals surface area contributed by atoms with Gasteiger partial charge in [0.25, 0.3) is 0 Å². The first-order valence-electron chi connectivity index (χ1n) is 15.8. The highest BCUT2D eigenvalue weighted by molar-refractivity contribution is 5.74. The van der Waals surface area contributed by atoms with Crippen molar-refractivity contribution in [2.45, 2.75) is 34.1 Å². The van der Waals surface area contributed by atoms with E-state index >= 15 is 0 Å². The Bertz CT molecular complexity index is 1630. The third kappa shape index (κ3) is 11.7. The minimum atomic E-state index is -0.215. The zero-order valence-corrected chi connectivity index (χ0v) is 28.1. The highest BCUT2D eigenvalue weighted by atomic mass is 16.7. The van der Waals surface area contributed by atoms with Crippen molar-refractivity contribution in [3.8, 4) is 34.4 Å². The van der Waals surface area contributed by atoms with Crippen molar-refractivity contribution in [1.29, 1.82) is 0 Å². The number of rotatable bonds is 11. The molecule has 2 heterocycles. The van der Waals surface area contributed by atoms with Gasteiger partial charge in [0.05, 0.1) is 13.2 Å². The van der Waals surface area contributed by atoms with Crippen LogP contribution in [-0.2, 0) is 9.47 Å². The summed E-state index contributed by atoms with van der Waals surface area (Å²) in [7, 11) is 0. The van der Waals surface area contributed by atoms with Crippen molar-refractivity contribution in [2.24, 2.45) is 0 Å². The monoisotopic (exact) mass is 676 g/mol. The number of hydrogen-bond acceptors (Lipinski definition) is 12. The van der Waals surface area contributed by atoms with Gasteiger partial charge in [-0.3, -0.25) is 0 Å². The molecule has 0 aliphatic rings. The number of nitrogens with zero attached hydrogens (tertiary/aromatic N) is 6. The number of phenolic OH excluding ortho intramolecular Hbond substituents is 2. The van der Waals surface area contributed by atoms with Gasteiger partial charge in [-0.1, -0.05) is 44.5 Å². The Morgan fingerprint density at radius 2 is 0.939 bits per heavy atom. The van der Waals surface area contributed by atoms with E-state index in [1.165, 1.54) is 28.1 Å². The first-order valence-corrected chi connectivity index (χ1v) is 15.8. The topological polar surface area (TPSA) is 179 Å². The smallest absolute Gasteiger partial charge is 0.230 e. The molecule has 0 saturated carbocycles. The second-order valence-electron chi connectivity index (χ2n) is 9.92. The summed E-state index contributed by atoms with van der Waals surface area (Å²) >= 11 is 0. The van der Waals surface area contributed by atoms with Gasteiger partial charge in [0.15, 0.2) is 0 Å². The molecule has 0 amide bonds. The van der Waals surface area contributed by atoms with Gasteiger partial charge in [0, 0.05) is 25.3 Å². The number of ether oxygens (including phenoxy) is 4. The van der Waals surface area contributed by atoms with Crippen LogP contribution in [-0.4, -0.2) is 90.4 Å². The van der Waals surface area contributed by atoms with E-state index in [1.807, 2.05) is 55.5 Å². The first-order chi connectivity index (χ1) is 23.9. The maximum atomic E-state index is 10.4. The standard InChI is InChI=1S/C25H18N6O4.C5H12O3.C3H8.C2H6O/c32-24-13-16(9-11-22(24)30-26-18-5-1-2-6-19(18)27-30)34-15-35-17-10-12-23(25(33)14-17)31-28-20-7-3-4-8-21(20)29-31;1-2-7-3-4-8-5-6;1-3-2;1-2-3/h1-14,32-33H,15H2;6H,2-5H2,1H3;3H2,1-2H3;3H,2H2,1H3. The molecule has 49 heavy (non-hydrogen) atoms. The van der Waals surface area contributed by atoms with Gasteiger partial charge < -0.3 is 39.4 Å². The van der Waals surface area contributed by atoms with Crippen molar-refractivity contribution in [1.82, 2.24) is 30.0 Å². The second kappa shape index (κ2) is 20.8. The molecule has 4 aromatic carbocycles. The van der Waals surface area contributed by atoms with E-state index in [9.17, 15) is 10.2 Å². The third-order valence-corrected chi connectivity index (χ3v) is 6.02. The lowest BCUT2D eigenvalue weighted by Crippen LogP contribution is -2.06. The number of benzene rings is 4. The zero-order chi connectivity index (χ0) is 35.4. The van der Waals surface area contributed by atoms with Crippen molar-refractivity contribution >= 4 is 22.1 Å². The number of fused-ring (bicyclic) bond motifs is 2. The Labute approximate surface area is 284 Å². The van der Waals surface area contributed by atoms with Crippen LogP contribution in [0.15, 0.2) is 84.9 Å². The summed E-state index contributed by atoms with van der Waals surface area (Å²) in [4.78, 5) is 2.75. The molecular weight excluding hydrogens is 632 g/mol. The minimum absolute atomic E-state index is 0.0380. The van der Waals surface area contributed by atoms with Gasteiger partial charge in [-0.05, 0) is 62.4 Å². The van der Waals surface area contributed by atoms with Gasteiger partial charge in [-0.2, -0.15) is 0 Å². The van der Waals surface area contributed by atoms with Crippen LogP contribution in [0.2, 0.25) is 0 Å². The predicted octanol–water partition coefficient (Wildman–Crippen LogP) is 5.39. The third-order valence-electron chi connectivity index (χ3n) is 6.02. The Morgan fingerprint density at radius 1 is 0.571 bits per heavy atom. The molecule has 4 N–H and O–H groups in total. The fourth-order valence-corrected chi connectivity index (χ4v) is 3.95. The minimum Gasteiger partial charge on any atom is -0.505 e. The molecule has 0 fully saturated rings. The van der Waals surface area contributed by atoms with Crippen LogP contribution in [0.1, 0.15) is 34.1 Å². The molecular formula is C35H44N6O8. The Hall–Kier alpha value is -5.28. The maximum Gasteiger partial charge on any atom is 0.230 e. The largest absolute Gasteiger partial charge is 0.505 e. The number of aliphatic hydroxyl groups is 2. The van der Waals surface area contributed by atoms with E-state index in [0.29, 0.717) is 42.7 Å². The SMILES string of the molecule is CCC.CCO.CCOCCOCO.Oc1cc(OCOc2ccc(-n3nc4ccccc4n3)c(O)c2)ccc1-n1nc2ccccc2n1. The fraction of sp³-hybridized carbons (Fsp3) is 0.314. The number of hydrogen-bond donors (Lipinski definition) is 4. The van der Waals surface area contributed by atoms with Gasteiger partial charge >= 0.3 is 0 Å². The Kier molecular flexibility index (Phi) is 16.2. The summed E-state index contributed by atoms with van der Waals surface area (Å²) in [5.74, 6) is 0.722. The predicted molar refractivity (Wildman–Crippen MR) is 185 cm³/mol. The van der Waals surface area contributed by atoms with Gasteiger partial charge in [-0.25, -0.2) is 0 Å². The first kappa shape index (κ1) is 38.2. The molecule has 0 radical (unpaired) electrons. The van der Waals surface area contributed by atoms with Crippen molar-refractivity contribution in [2.75, 3.05) is 40.0 Å². The molecule has 0 aliphatic carbocycles. The van der Waals surface area contributed by atoms with E-state index < -0.39 is 0 Å². The van der Waals surface area contributed by atoms with Gasteiger partial charge in [0.2, 0.25) is 6.79 Å². The molecule has 14 heteroatoms. The van der Waals surface area contributed by atoms with Crippen LogP contribution in [0, 0.1) is 0 Å². The van der Waals surface area contributed by atoms with Crippen LogP contribution in [0.3, 0.4) is 0 Å². The molecule has 0 aliphatic heterocycles. The number of aliphatic hydroxyl groups excluding tert-OH is 2. The summed E-state index contributed by atoms with van der Waals surface area (Å²) in [6, 6.07) is 24.5. The average Bonchev–Trinajstić information content (AvgIpc) is 3.73. The lowest BCUT2D eigenvalue weighted by atomic mass is 10.3. The van der Waals surface area contributed by atoms with Crippen LogP contribution < -0.4 is 9.47 Å². The van der Waals surface area contributed by atoms with Crippen LogP contribution in [0.5, 0.6) is 23.0 Å². The van der Waals surface area contributed by atoms with Crippen LogP contribution >= 0.6 is 0 Å². The molecule has 262 valence electrons. The van der Waals surface area contributed by atoms with E-state index in [1.54, 1.807) is 31.2 Å². The summed E-state index contributed by atoms with van der Waals surface area (Å²) in [5, 5.41) is 54.0. The van der Waals surface area contributed by atoms with E-state index in [4.69, 9.17) is 24.4 Å². The van der Waals surface area contributed by atoms with Crippen molar-refractivity contribution < 1.29 is 39.4 Å². The summed E-state index contributed by atoms with van der Waals surface area (Å²) in [6.07, 6.45) is 1.25. The molecule has 6 rings (SSSR count). The molecule has 0 unspecified atom stereocenters. The molecule has 0 bridgehead atoms. The van der Waals surface area contributed by atoms with Gasteiger partial charge in [0.1, 0.15) is 63.2 Å². The fourth-order valence-electron chi connectivity index (χ4n) is 3.95. The highest BCUT2D eigenvalue weighted by Crippen LogP contribution is 2.29. The Balaban J connectivity index is 0.000000397. The highest BCUT2D eigenvalue weighted by Gasteiger charge is 2.12. The Morgan fingerprint density at radius 3 is 1.27 bits per heavy atom. The molecule has 14 nitrogen and oxygen atoms in total. The lowest BCUT2D eigenvalue weighted by molar-refractivity contribution is -0.0276. The van der Waals surface area contributed by atoms with Crippen LogP contribution in [0.25, 0.3) is 33.4 Å². The molecule has 0 spiro atoms. The van der Waals surface area contributed by atoms with Crippen molar-refractivity contribution in [3.05, 3.63) is 84.9 Å². The quantitative estimate of drug-likeness (QED) is 0.102. The van der Waals surface area contributed by atoms with Crippen molar-refractivity contribution in [3.63, 3.8) is 0 Å². The lowest BCUT2D eigenvalue weighted by Gasteiger charge is -2.11. The van der Waals surface area contributed by atoms with E-state index in [-0.39, 0.29) is 31.7 Å². The average molecular weight is 677 g/mol. The molecule has 2 aromatic heterocycles. The number of phenols is 2. The van der Waals surface area contributed by atoms with E-state index in [2.05, 4.69) is 39.0 Å². The summed E-state index contributed by atoms with van der Waals surface area (Å²) in [5.41, 5.74) is 3.76. The molecule has 0 atom stereocenters. The number of aromatic hydroxyl groups is 2. The zero-order valence-electron chi connectivity index (χ0n) is 28.1. The maximum absolute atomic E-state index is 10.4.